The van der Waals surface area contributed by atoms with Crippen LogP contribution in [0.15, 0.2) is 27.6 Å². The summed E-state index contributed by atoms with van der Waals surface area (Å²) in [7, 11) is 0. The van der Waals surface area contributed by atoms with E-state index in [1.54, 1.807) is 31.2 Å². The van der Waals surface area contributed by atoms with Crippen LogP contribution in [0.5, 0.6) is 5.75 Å². The molecule has 0 N–H and O–H groups in total. The molecule has 0 aliphatic carbocycles. The van der Waals surface area contributed by atoms with Gasteiger partial charge in [0.15, 0.2) is 0 Å². The summed E-state index contributed by atoms with van der Waals surface area (Å²) < 4.78 is 11.3. The number of hydrogen-bond donors (Lipinski definition) is 0. The normalized spacial score (nSPS) is 17.2. The van der Waals surface area contributed by atoms with E-state index >= 15 is 0 Å². The van der Waals surface area contributed by atoms with Crippen molar-refractivity contribution in [2.75, 3.05) is 6.61 Å². The highest BCUT2D eigenvalue weighted by Crippen LogP contribution is 2.35. The fourth-order valence-corrected chi connectivity index (χ4v) is 3.69. The minimum atomic E-state index is -0.957. The van der Waals surface area contributed by atoms with Crippen molar-refractivity contribution in [2.24, 2.45) is 0 Å². The second-order valence-corrected chi connectivity index (χ2v) is 7.68. The van der Waals surface area contributed by atoms with E-state index in [1.807, 2.05) is 13.8 Å². The molecule has 0 unspecified atom stereocenters. The van der Waals surface area contributed by atoms with Gasteiger partial charge in [0.2, 0.25) is 0 Å². The van der Waals surface area contributed by atoms with E-state index in [0.29, 0.717) is 5.75 Å². The van der Waals surface area contributed by atoms with Crippen molar-refractivity contribution >= 4 is 50.9 Å². The first-order chi connectivity index (χ1) is 12.2. The lowest BCUT2D eigenvalue weighted by Crippen LogP contribution is -2.42. The van der Waals surface area contributed by atoms with Crippen LogP contribution >= 0.6 is 27.7 Å². The minimum Gasteiger partial charge on any atom is -0.490 e. The third-order valence-corrected chi connectivity index (χ3v) is 4.96. The second kappa shape index (κ2) is 8.73. The van der Waals surface area contributed by atoms with Gasteiger partial charge in [0, 0.05) is 0 Å². The van der Waals surface area contributed by atoms with Crippen molar-refractivity contribution in [3.05, 3.63) is 33.1 Å². The molecular formula is C18H20BrNO5S. The summed E-state index contributed by atoms with van der Waals surface area (Å²) in [6.07, 6.45) is 1.66. The molecule has 0 saturated carbocycles. The standard InChI is InChI=1S/C18H20BrNO5S/c1-5-24-17(22)11(4)20-16(21)15(26-18(20)23)9-12-6-7-14(13(19)8-12)25-10(2)3/h6-11H,5H2,1-4H3/b15-9+/t11-/m0/s1. The first-order valence-electron chi connectivity index (χ1n) is 8.14. The maximum atomic E-state index is 12.5. The predicted molar refractivity (Wildman–Crippen MR) is 104 cm³/mol. The molecule has 1 atom stereocenters. The van der Waals surface area contributed by atoms with Crippen LogP contribution in [0.25, 0.3) is 6.08 Å². The van der Waals surface area contributed by atoms with E-state index in [1.165, 1.54) is 6.92 Å². The summed E-state index contributed by atoms with van der Waals surface area (Å²) in [5.41, 5.74) is 0.738. The smallest absolute Gasteiger partial charge is 0.329 e. The number of benzene rings is 1. The SMILES string of the molecule is CCOC(=O)[C@H](C)N1C(=O)S/C(=C/c2ccc(OC(C)C)c(Br)c2)C1=O. The number of hydrogen-bond acceptors (Lipinski definition) is 6. The first kappa shape index (κ1) is 20.5. The molecule has 140 valence electrons. The zero-order valence-electron chi connectivity index (χ0n) is 14.9. The molecule has 1 aliphatic heterocycles. The number of nitrogens with zero attached hydrogens (tertiary/aromatic N) is 1. The van der Waals surface area contributed by atoms with Crippen LogP contribution in [0, 0.1) is 0 Å². The summed E-state index contributed by atoms with van der Waals surface area (Å²) in [5.74, 6) is -0.408. The Morgan fingerprint density at radius 2 is 2.00 bits per heavy atom. The van der Waals surface area contributed by atoms with Gasteiger partial charge in [-0.3, -0.25) is 14.5 Å². The topological polar surface area (TPSA) is 72.9 Å². The Bertz CT molecular complexity index is 762. The molecule has 0 radical (unpaired) electrons. The number of esters is 1. The second-order valence-electron chi connectivity index (χ2n) is 5.84. The van der Waals surface area contributed by atoms with Gasteiger partial charge < -0.3 is 9.47 Å². The maximum Gasteiger partial charge on any atom is 0.329 e. The summed E-state index contributed by atoms with van der Waals surface area (Å²) in [4.78, 5) is 37.7. The minimum absolute atomic E-state index is 0.0398. The van der Waals surface area contributed by atoms with Gasteiger partial charge in [-0.15, -0.1) is 0 Å². The molecule has 6 nitrogen and oxygen atoms in total. The van der Waals surface area contributed by atoms with E-state index in [-0.39, 0.29) is 17.6 Å². The fraction of sp³-hybridized carbons (Fsp3) is 0.389. The molecule has 0 spiro atoms. The molecule has 2 amide bonds. The van der Waals surface area contributed by atoms with Gasteiger partial charge in [-0.05, 0) is 79.2 Å². The zero-order chi connectivity index (χ0) is 19.4. The molecule has 26 heavy (non-hydrogen) atoms. The van der Waals surface area contributed by atoms with Gasteiger partial charge in [0.05, 0.1) is 22.1 Å². The van der Waals surface area contributed by atoms with E-state index in [9.17, 15) is 14.4 Å². The largest absolute Gasteiger partial charge is 0.490 e. The Hall–Kier alpha value is -1.80. The Balaban J connectivity index is 2.22. The summed E-state index contributed by atoms with van der Waals surface area (Å²) in [6.45, 7) is 7.20. The van der Waals surface area contributed by atoms with Crippen molar-refractivity contribution in [1.82, 2.24) is 4.90 Å². The lowest BCUT2D eigenvalue weighted by molar-refractivity contribution is -0.150. The third-order valence-electron chi connectivity index (χ3n) is 3.45. The Morgan fingerprint density at radius 1 is 1.31 bits per heavy atom. The van der Waals surface area contributed by atoms with Crippen LogP contribution in [-0.4, -0.2) is 40.8 Å². The number of ether oxygens (including phenoxy) is 2. The van der Waals surface area contributed by atoms with Gasteiger partial charge in [0.25, 0.3) is 11.1 Å². The van der Waals surface area contributed by atoms with Gasteiger partial charge in [0.1, 0.15) is 11.8 Å². The zero-order valence-corrected chi connectivity index (χ0v) is 17.3. The van der Waals surface area contributed by atoms with Crippen molar-refractivity contribution in [2.45, 2.75) is 39.8 Å². The van der Waals surface area contributed by atoms with Gasteiger partial charge in [-0.2, -0.15) is 0 Å². The van der Waals surface area contributed by atoms with Crippen LogP contribution in [0.4, 0.5) is 4.79 Å². The third kappa shape index (κ3) is 4.67. The lowest BCUT2D eigenvalue weighted by atomic mass is 10.2. The van der Waals surface area contributed by atoms with E-state index in [4.69, 9.17) is 9.47 Å². The van der Waals surface area contributed by atoms with Crippen molar-refractivity contribution < 1.29 is 23.9 Å². The summed E-state index contributed by atoms with van der Waals surface area (Å²) in [5, 5.41) is -0.486. The highest BCUT2D eigenvalue weighted by atomic mass is 79.9. The highest BCUT2D eigenvalue weighted by molar-refractivity contribution is 9.10. The first-order valence-corrected chi connectivity index (χ1v) is 9.75. The molecular weight excluding hydrogens is 422 g/mol. The van der Waals surface area contributed by atoms with Crippen LogP contribution in [0.1, 0.15) is 33.3 Å². The van der Waals surface area contributed by atoms with Crippen molar-refractivity contribution in [3.8, 4) is 5.75 Å². The number of carbonyl (C=O) groups excluding carboxylic acids is 3. The fourth-order valence-electron chi connectivity index (χ4n) is 2.29. The van der Waals surface area contributed by atoms with Crippen molar-refractivity contribution in [3.63, 3.8) is 0 Å². The number of halogens is 1. The Labute approximate surface area is 165 Å². The quantitative estimate of drug-likeness (QED) is 0.485. The molecule has 8 heteroatoms. The molecule has 1 aliphatic rings. The molecule has 2 rings (SSSR count). The van der Waals surface area contributed by atoms with Crippen LogP contribution in [0.3, 0.4) is 0 Å². The number of carbonyl (C=O) groups is 3. The van der Waals surface area contributed by atoms with Crippen LogP contribution in [0.2, 0.25) is 0 Å². The van der Waals surface area contributed by atoms with E-state index < -0.39 is 23.2 Å². The number of imide groups is 1. The molecule has 1 aromatic carbocycles. The average molecular weight is 442 g/mol. The number of thioether (sulfide) groups is 1. The average Bonchev–Trinajstić information content (AvgIpc) is 2.83. The molecule has 1 aromatic rings. The molecule has 1 heterocycles. The summed E-state index contributed by atoms with van der Waals surface area (Å²) in [6, 6.07) is 4.44. The van der Waals surface area contributed by atoms with E-state index in [0.717, 1.165) is 26.7 Å². The highest BCUT2D eigenvalue weighted by Gasteiger charge is 2.41. The molecule has 1 saturated heterocycles. The van der Waals surface area contributed by atoms with Gasteiger partial charge in [-0.1, -0.05) is 6.07 Å². The molecule has 0 aromatic heterocycles. The lowest BCUT2D eigenvalue weighted by Gasteiger charge is -2.19. The molecule has 1 fully saturated rings. The van der Waals surface area contributed by atoms with Crippen molar-refractivity contribution in [1.29, 1.82) is 0 Å². The Kier molecular flexibility index (Phi) is 6.88. The number of amides is 2. The predicted octanol–water partition coefficient (Wildman–Crippen LogP) is 4.22. The molecule has 0 bridgehead atoms. The van der Waals surface area contributed by atoms with E-state index in [2.05, 4.69) is 15.9 Å². The van der Waals surface area contributed by atoms with Gasteiger partial charge in [-0.25, -0.2) is 4.79 Å². The monoisotopic (exact) mass is 441 g/mol. The Morgan fingerprint density at radius 3 is 2.58 bits per heavy atom. The van der Waals surface area contributed by atoms with Gasteiger partial charge >= 0.3 is 5.97 Å². The maximum absolute atomic E-state index is 12.5. The van der Waals surface area contributed by atoms with Crippen LogP contribution < -0.4 is 4.74 Å². The number of rotatable bonds is 6. The van der Waals surface area contributed by atoms with Crippen LogP contribution in [-0.2, 0) is 14.3 Å². The summed E-state index contributed by atoms with van der Waals surface area (Å²) >= 11 is 4.24.